The molecule has 5 nitrogen and oxygen atoms in total. The standard InChI is InChI=1S/C11H9ClN4O/c12-7-1-3-8(4-2-7)16-11(17)9-5-14-6-15-10(9)13/h1-6H,(H,16,17)(H2,13,14,15). The highest BCUT2D eigenvalue weighted by Crippen LogP contribution is 2.15. The number of nitrogens with two attached hydrogens (primary N) is 1. The molecule has 0 atom stereocenters. The molecule has 1 aromatic heterocycles. The first kappa shape index (κ1) is 11.3. The molecule has 6 heteroatoms. The van der Waals surface area contributed by atoms with E-state index in [1.165, 1.54) is 12.5 Å². The SMILES string of the molecule is Nc1ncncc1C(=O)Nc1ccc(Cl)cc1. The van der Waals surface area contributed by atoms with Crippen molar-refractivity contribution >= 4 is 29.0 Å². The molecule has 0 spiro atoms. The summed E-state index contributed by atoms with van der Waals surface area (Å²) in [6.45, 7) is 0. The van der Waals surface area contributed by atoms with Crippen molar-refractivity contribution in [2.45, 2.75) is 0 Å². The molecular weight excluding hydrogens is 240 g/mol. The van der Waals surface area contributed by atoms with Crippen LogP contribution in [0, 0.1) is 0 Å². The first-order valence-corrected chi connectivity index (χ1v) is 5.17. The highest BCUT2D eigenvalue weighted by Gasteiger charge is 2.10. The Morgan fingerprint density at radius 3 is 2.65 bits per heavy atom. The maximum Gasteiger partial charge on any atom is 0.260 e. The maximum atomic E-state index is 11.8. The number of nitrogens with one attached hydrogen (secondary N) is 1. The largest absolute Gasteiger partial charge is 0.383 e. The van der Waals surface area contributed by atoms with Gasteiger partial charge in [-0.25, -0.2) is 9.97 Å². The van der Waals surface area contributed by atoms with Crippen LogP contribution in [0.25, 0.3) is 0 Å². The van der Waals surface area contributed by atoms with E-state index in [0.29, 0.717) is 10.7 Å². The summed E-state index contributed by atoms with van der Waals surface area (Å²) in [5.41, 5.74) is 6.43. The van der Waals surface area contributed by atoms with E-state index < -0.39 is 0 Å². The molecule has 86 valence electrons. The topological polar surface area (TPSA) is 80.9 Å². The lowest BCUT2D eigenvalue weighted by Gasteiger charge is -2.06. The molecule has 2 aromatic rings. The molecule has 0 aliphatic heterocycles. The van der Waals surface area contributed by atoms with Crippen molar-refractivity contribution in [1.82, 2.24) is 9.97 Å². The minimum absolute atomic E-state index is 0.145. The first-order chi connectivity index (χ1) is 8.16. The van der Waals surface area contributed by atoms with Crippen molar-refractivity contribution in [2.75, 3.05) is 11.1 Å². The number of nitrogens with zero attached hydrogens (tertiary/aromatic N) is 2. The van der Waals surface area contributed by atoms with E-state index in [2.05, 4.69) is 15.3 Å². The molecular formula is C11H9ClN4O. The van der Waals surface area contributed by atoms with Crippen molar-refractivity contribution in [3.8, 4) is 0 Å². The summed E-state index contributed by atoms with van der Waals surface area (Å²) >= 11 is 5.74. The van der Waals surface area contributed by atoms with Crippen LogP contribution >= 0.6 is 11.6 Å². The summed E-state index contributed by atoms with van der Waals surface area (Å²) in [7, 11) is 0. The van der Waals surface area contributed by atoms with Crippen LogP contribution in [0.4, 0.5) is 11.5 Å². The smallest absolute Gasteiger partial charge is 0.260 e. The molecule has 17 heavy (non-hydrogen) atoms. The van der Waals surface area contributed by atoms with Gasteiger partial charge in [0.15, 0.2) is 0 Å². The zero-order valence-corrected chi connectivity index (χ0v) is 9.48. The second-order valence-electron chi connectivity index (χ2n) is 3.28. The molecule has 0 radical (unpaired) electrons. The predicted molar refractivity (Wildman–Crippen MR) is 65.8 cm³/mol. The second kappa shape index (κ2) is 4.80. The van der Waals surface area contributed by atoms with Crippen molar-refractivity contribution in [1.29, 1.82) is 0 Å². The van der Waals surface area contributed by atoms with Crippen molar-refractivity contribution < 1.29 is 4.79 Å². The third-order valence-electron chi connectivity index (χ3n) is 2.09. The van der Waals surface area contributed by atoms with Crippen LogP contribution in [-0.2, 0) is 0 Å². The van der Waals surface area contributed by atoms with Crippen LogP contribution in [0.1, 0.15) is 10.4 Å². The summed E-state index contributed by atoms with van der Waals surface area (Å²) in [6.07, 6.45) is 2.65. The monoisotopic (exact) mass is 248 g/mol. The van der Waals surface area contributed by atoms with Gasteiger partial charge < -0.3 is 11.1 Å². The maximum absolute atomic E-state index is 11.8. The van der Waals surface area contributed by atoms with E-state index in [9.17, 15) is 4.79 Å². The number of benzene rings is 1. The number of carbonyl (C=O) groups is 1. The molecule has 2 rings (SSSR count). The lowest BCUT2D eigenvalue weighted by molar-refractivity contribution is 0.102. The number of aromatic nitrogens is 2. The number of rotatable bonds is 2. The molecule has 0 aliphatic rings. The normalized spacial score (nSPS) is 9.94. The molecule has 0 saturated carbocycles. The number of nitrogen functional groups attached to an aromatic ring is 1. The van der Waals surface area contributed by atoms with Gasteiger partial charge >= 0.3 is 0 Å². The van der Waals surface area contributed by atoms with Crippen LogP contribution in [0.3, 0.4) is 0 Å². The Hall–Kier alpha value is -2.14. The minimum atomic E-state index is -0.356. The number of hydrogen-bond donors (Lipinski definition) is 2. The third kappa shape index (κ3) is 2.70. The lowest BCUT2D eigenvalue weighted by Crippen LogP contribution is -2.15. The molecule has 0 bridgehead atoms. The Balaban J connectivity index is 2.17. The molecule has 1 heterocycles. The molecule has 0 saturated heterocycles. The first-order valence-electron chi connectivity index (χ1n) is 4.79. The predicted octanol–water partition coefficient (Wildman–Crippen LogP) is 1.96. The molecule has 0 unspecified atom stereocenters. The van der Waals surface area contributed by atoms with Crippen molar-refractivity contribution in [3.05, 3.63) is 47.4 Å². The summed E-state index contributed by atoms with van der Waals surface area (Å²) in [6, 6.07) is 6.75. The zero-order valence-electron chi connectivity index (χ0n) is 8.72. The highest BCUT2D eigenvalue weighted by atomic mass is 35.5. The molecule has 0 aliphatic carbocycles. The number of amides is 1. The molecule has 1 aromatic carbocycles. The van der Waals surface area contributed by atoms with Crippen molar-refractivity contribution in [2.24, 2.45) is 0 Å². The summed E-state index contributed by atoms with van der Waals surface area (Å²) < 4.78 is 0. The fraction of sp³-hybridized carbons (Fsp3) is 0. The van der Waals surface area contributed by atoms with Crippen LogP contribution < -0.4 is 11.1 Å². The highest BCUT2D eigenvalue weighted by molar-refractivity contribution is 6.30. The van der Waals surface area contributed by atoms with Gasteiger partial charge in [0.05, 0.1) is 0 Å². The van der Waals surface area contributed by atoms with Gasteiger partial charge in [-0.05, 0) is 24.3 Å². The number of anilines is 2. The minimum Gasteiger partial charge on any atom is -0.383 e. The van der Waals surface area contributed by atoms with E-state index in [0.717, 1.165) is 0 Å². The van der Waals surface area contributed by atoms with Gasteiger partial charge in [0, 0.05) is 16.9 Å². The Morgan fingerprint density at radius 2 is 2.00 bits per heavy atom. The molecule has 1 amide bonds. The Bertz CT molecular complexity index is 541. The fourth-order valence-electron chi connectivity index (χ4n) is 1.25. The van der Waals surface area contributed by atoms with Gasteiger partial charge in [-0.15, -0.1) is 0 Å². The van der Waals surface area contributed by atoms with Crippen molar-refractivity contribution in [3.63, 3.8) is 0 Å². The average Bonchev–Trinajstić information content (AvgIpc) is 2.32. The van der Waals surface area contributed by atoms with Gasteiger partial charge in [-0.3, -0.25) is 4.79 Å². The Kier molecular flexibility index (Phi) is 3.20. The summed E-state index contributed by atoms with van der Waals surface area (Å²) in [5.74, 6) is -0.211. The van der Waals surface area contributed by atoms with E-state index in [1.807, 2.05) is 0 Å². The Morgan fingerprint density at radius 1 is 1.29 bits per heavy atom. The van der Waals surface area contributed by atoms with Crippen LogP contribution in [0.5, 0.6) is 0 Å². The third-order valence-corrected chi connectivity index (χ3v) is 2.34. The van der Waals surface area contributed by atoms with E-state index in [1.54, 1.807) is 24.3 Å². The quantitative estimate of drug-likeness (QED) is 0.851. The van der Waals surface area contributed by atoms with Gasteiger partial charge in [0.1, 0.15) is 17.7 Å². The van der Waals surface area contributed by atoms with E-state index in [-0.39, 0.29) is 17.3 Å². The molecule has 3 N–H and O–H groups in total. The summed E-state index contributed by atoms with van der Waals surface area (Å²) in [4.78, 5) is 19.3. The number of carbonyl (C=O) groups excluding carboxylic acids is 1. The number of halogens is 1. The van der Waals surface area contributed by atoms with Crippen LogP contribution in [0.2, 0.25) is 5.02 Å². The zero-order chi connectivity index (χ0) is 12.3. The average molecular weight is 249 g/mol. The molecule has 0 fully saturated rings. The summed E-state index contributed by atoms with van der Waals surface area (Å²) in [5, 5.41) is 3.27. The fourth-order valence-corrected chi connectivity index (χ4v) is 1.37. The van der Waals surface area contributed by atoms with Gasteiger partial charge in [0.2, 0.25) is 0 Å². The lowest BCUT2D eigenvalue weighted by atomic mass is 10.2. The number of hydrogen-bond acceptors (Lipinski definition) is 4. The second-order valence-corrected chi connectivity index (χ2v) is 3.72. The van der Waals surface area contributed by atoms with Gasteiger partial charge in [-0.2, -0.15) is 0 Å². The Labute approximate surface area is 103 Å². The van der Waals surface area contributed by atoms with Crippen LogP contribution in [-0.4, -0.2) is 15.9 Å². The van der Waals surface area contributed by atoms with E-state index >= 15 is 0 Å². The van der Waals surface area contributed by atoms with E-state index in [4.69, 9.17) is 17.3 Å². The van der Waals surface area contributed by atoms with Gasteiger partial charge in [-0.1, -0.05) is 11.6 Å². The van der Waals surface area contributed by atoms with Gasteiger partial charge in [0.25, 0.3) is 5.91 Å². The van der Waals surface area contributed by atoms with Crippen LogP contribution in [0.15, 0.2) is 36.8 Å².